The summed E-state index contributed by atoms with van der Waals surface area (Å²) in [6, 6.07) is 16.6. The molecule has 0 spiro atoms. The minimum Gasteiger partial charge on any atom is -0.304 e. The Morgan fingerprint density at radius 2 is 1.50 bits per heavy atom. The predicted octanol–water partition coefficient (Wildman–Crippen LogP) is 5.63. The maximum atomic E-state index is 5.92. The molecule has 0 aliphatic heterocycles. The number of nitrogens with zero attached hydrogens (tertiary/aromatic N) is 1. The van der Waals surface area contributed by atoms with Crippen molar-refractivity contribution in [3.63, 3.8) is 0 Å². The van der Waals surface area contributed by atoms with Crippen LogP contribution in [0.1, 0.15) is 44.7 Å². The Morgan fingerprint density at radius 3 is 1.95 bits per heavy atom. The highest BCUT2D eigenvalue weighted by Gasteiger charge is 2.06. The van der Waals surface area contributed by atoms with Gasteiger partial charge in [0.05, 0.1) is 12.2 Å². The van der Waals surface area contributed by atoms with Gasteiger partial charge >= 0.3 is 0 Å². The van der Waals surface area contributed by atoms with Crippen molar-refractivity contribution < 1.29 is 0 Å². The quantitative estimate of drug-likeness (QED) is 0.719. The molecular weight excluding hydrogens is 292 g/mol. The molecule has 0 amide bonds. The molecular formula is C19H27ClN2. The standard InChI is InChI=1S/C17H21ClN2.C2H6/c1-13(2)15-6-10-17(11-7-15)20(19-3)12-14-4-8-16(18)9-5-14;1-2/h4-11,13,19H,12H2,1-3H3;1-2H3. The summed E-state index contributed by atoms with van der Waals surface area (Å²) >= 11 is 5.92. The number of hydrazine groups is 1. The van der Waals surface area contributed by atoms with Crippen molar-refractivity contribution in [2.45, 2.75) is 40.2 Å². The van der Waals surface area contributed by atoms with Crippen LogP contribution in [0.2, 0.25) is 5.02 Å². The van der Waals surface area contributed by atoms with Gasteiger partial charge in [-0.2, -0.15) is 0 Å². The molecule has 0 bridgehead atoms. The van der Waals surface area contributed by atoms with Crippen LogP contribution in [0.15, 0.2) is 48.5 Å². The maximum Gasteiger partial charge on any atom is 0.0594 e. The number of rotatable bonds is 5. The van der Waals surface area contributed by atoms with Crippen molar-refractivity contribution in [1.82, 2.24) is 5.43 Å². The molecule has 22 heavy (non-hydrogen) atoms. The van der Waals surface area contributed by atoms with E-state index < -0.39 is 0 Å². The fourth-order valence-electron chi connectivity index (χ4n) is 2.11. The third kappa shape index (κ3) is 5.36. The van der Waals surface area contributed by atoms with Crippen LogP contribution >= 0.6 is 11.6 Å². The van der Waals surface area contributed by atoms with Crippen LogP contribution in [0.25, 0.3) is 0 Å². The van der Waals surface area contributed by atoms with Crippen LogP contribution in [-0.2, 0) is 6.54 Å². The first-order chi connectivity index (χ1) is 10.6. The number of nitrogens with one attached hydrogen (secondary N) is 1. The van der Waals surface area contributed by atoms with E-state index in [-0.39, 0.29) is 0 Å². The number of halogens is 1. The zero-order chi connectivity index (χ0) is 16.5. The van der Waals surface area contributed by atoms with E-state index in [1.807, 2.05) is 33.0 Å². The Kier molecular flexibility index (Phi) is 8.00. The SMILES string of the molecule is CC.CNN(Cc1ccc(Cl)cc1)c1ccc(C(C)C)cc1. The van der Waals surface area contributed by atoms with E-state index in [9.17, 15) is 0 Å². The fraction of sp³-hybridized carbons (Fsp3) is 0.368. The summed E-state index contributed by atoms with van der Waals surface area (Å²) in [6.45, 7) is 9.21. The smallest absolute Gasteiger partial charge is 0.0594 e. The number of hydrogen-bond acceptors (Lipinski definition) is 2. The fourth-order valence-corrected chi connectivity index (χ4v) is 2.24. The highest BCUT2D eigenvalue weighted by molar-refractivity contribution is 6.30. The Morgan fingerprint density at radius 1 is 0.955 bits per heavy atom. The number of hydrogen-bond donors (Lipinski definition) is 1. The lowest BCUT2D eigenvalue weighted by atomic mass is 10.0. The second-order valence-corrected chi connectivity index (χ2v) is 5.62. The molecule has 0 atom stereocenters. The first kappa shape index (κ1) is 18.5. The van der Waals surface area contributed by atoms with E-state index in [1.165, 1.54) is 11.1 Å². The average Bonchev–Trinajstić information content (AvgIpc) is 2.56. The van der Waals surface area contributed by atoms with E-state index in [4.69, 9.17) is 11.6 Å². The molecule has 120 valence electrons. The van der Waals surface area contributed by atoms with Gasteiger partial charge in [0.2, 0.25) is 0 Å². The molecule has 0 saturated carbocycles. The second-order valence-electron chi connectivity index (χ2n) is 5.18. The van der Waals surface area contributed by atoms with Crippen LogP contribution in [0, 0.1) is 0 Å². The maximum absolute atomic E-state index is 5.92. The van der Waals surface area contributed by atoms with Crippen LogP contribution in [-0.4, -0.2) is 7.05 Å². The van der Waals surface area contributed by atoms with Gasteiger partial charge in [0.15, 0.2) is 0 Å². The monoisotopic (exact) mass is 318 g/mol. The van der Waals surface area contributed by atoms with Gasteiger partial charge in [-0.15, -0.1) is 0 Å². The minimum absolute atomic E-state index is 0.559. The molecule has 2 rings (SSSR count). The highest BCUT2D eigenvalue weighted by atomic mass is 35.5. The van der Waals surface area contributed by atoms with Crippen molar-refractivity contribution >= 4 is 17.3 Å². The Bertz CT molecular complexity index is 532. The molecule has 0 fully saturated rings. The van der Waals surface area contributed by atoms with Gasteiger partial charge in [-0.1, -0.05) is 63.6 Å². The Labute approximate surface area is 140 Å². The molecule has 2 nitrogen and oxygen atoms in total. The van der Waals surface area contributed by atoms with E-state index in [0.29, 0.717) is 5.92 Å². The predicted molar refractivity (Wildman–Crippen MR) is 98.6 cm³/mol. The Balaban J connectivity index is 0.00000116. The molecule has 0 heterocycles. The first-order valence-corrected chi connectivity index (χ1v) is 8.27. The van der Waals surface area contributed by atoms with Gasteiger partial charge in [-0.25, -0.2) is 5.43 Å². The zero-order valence-corrected chi connectivity index (χ0v) is 15.0. The third-order valence-electron chi connectivity index (χ3n) is 3.40. The molecule has 2 aromatic rings. The van der Waals surface area contributed by atoms with Crippen LogP contribution in [0.3, 0.4) is 0 Å². The number of benzene rings is 2. The summed E-state index contributed by atoms with van der Waals surface area (Å²) in [5.74, 6) is 0.559. The largest absolute Gasteiger partial charge is 0.304 e. The van der Waals surface area contributed by atoms with Crippen molar-refractivity contribution in [3.8, 4) is 0 Å². The summed E-state index contributed by atoms with van der Waals surface area (Å²) < 4.78 is 0. The summed E-state index contributed by atoms with van der Waals surface area (Å²) in [6.07, 6.45) is 0. The number of anilines is 1. The third-order valence-corrected chi connectivity index (χ3v) is 3.65. The van der Waals surface area contributed by atoms with Gasteiger partial charge in [0.25, 0.3) is 0 Å². The summed E-state index contributed by atoms with van der Waals surface area (Å²) in [4.78, 5) is 0. The molecule has 3 heteroatoms. The normalized spacial score (nSPS) is 10.1. The molecule has 0 radical (unpaired) electrons. The van der Waals surface area contributed by atoms with E-state index in [0.717, 1.165) is 17.3 Å². The van der Waals surface area contributed by atoms with Gasteiger partial charge in [-0.3, -0.25) is 0 Å². The molecule has 0 aromatic heterocycles. The lowest BCUT2D eigenvalue weighted by Gasteiger charge is -2.24. The molecule has 0 aliphatic carbocycles. The van der Waals surface area contributed by atoms with Gasteiger partial charge in [0, 0.05) is 12.1 Å². The van der Waals surface area contributed by atoms with Gasteiger partial charge in [-0.05, 0) is 41.3 Å². The molecule has 2 aromatic carbocycles. The topological polar surface area (TPSA) is 15.3 Å². The molecule has 1 N–H and O–H groups in total. The van der Waals surface area contributed by atoms with E-state index in [1.54, 1.807) is 0 Å². The summed E-state index contributed by atoms with van der Waals surface area (Å²) in [5.41, 5.74) is 6.97. The summed E-state index contributed by atoms with van der Waals surface area (Å²) in [7, 11) is 1.94. The molecule has 0 saturated heterocycles. The van der Waals surface area contributed by atoms with E-state index in [2.05, 4.69) is 60.7 Å². The Hall–Kier alpha value is -1.51. The zero-order valence-electron chi connectivity index (χ0n) is 14.2. The van der Waals surface area contributed by atoms with Crippen molar-refractivity contribution in [2.75, 3.05) is 12.1 Å². The molecule has 0 aliphatic rings. The minimum atomic E-state index is 0.559. The van der Waals surface area contributed by atoms with Crippen molar-refractivity contribution in [2.24, 2.45) is 0 Å². The lowest BCUT2D eigenvalue weighted by molar-refractivity contribution is 0.701. The van der Waals surface area contributed by atoms with Crippen LogP contribution < -0.4 is 10.4 Å². The highest BCUT2D eigenvalue weighted by Crippen LogP contribution is 2.21. The lowest BCUT2D eigenvalue weighted by Crippen LogP contribution is -2.34. The van der Waals surface area contributed by atoms with Gasteiger partial charge in [0.1, 0.15) is 0 Å². The second kappa shape index (κ2) is 9.50. The van der Waals surface area contributed by atoms with Crippen LogP contribution in [0.5, 0.6) is 0 Å². The van der Waals surface area contributed by atoms with E-state index >= 15 is 0 Å². The van der Waals surface area contributed by atoms with Crippen molar-refractivity contribution in [3.05, 3.63) is 64.7 Å². The van der Waals surface area contributed by atoms with Crippen molar-refractivity contribution in [1.29, 1.82) is 0 Å². The average molecular weight is 319 g/mol. The molecule has 0 unspecified atom stereocenters. The van der Waals surface area contributed by atoms with Gasteiger partial charge < -0.3 is 5.01 Å². The summed E-state index contributed by atoms with van der Waals surface area (Å²) in [5, 5.41) is 2.89. The first-order valence-electron chi connectivity index (χ1n) is 7.89. The van der Waals surface area contributed by atoms with Crippen LogP contribution in [0.4, 0.5) is 5.69 Å².